The van der Waals surface area contributed by atoms with E-state index >= 15 is 0 Å². The molecule has 2 aliphatic rings. The Hall–Kier alpha value is -3.87. The Labute approximate surface area is 270 Å². The zero-order valence-corrected chi connectivity index (χ0v) is 26.7. The molecule has 6 atom stereocenters. The fourth-order valence-corrected chi connectivity index (χ4v) is 5.70. The minimum atomic E-state index is -1.08. The van der Waals surface area contributed by atoms with Gasteiger partial charge in [-0.15, -0.1) is 0 Å². The van der Waals surface area contributed by atoms with Crippen LogP contribution >= 0.6 is 0 Å². The van der Waals surface area contributed by atoms with Crippen LogP contribution in [0.15, 0.2) is 79.0 Å². The van der Waals surface area contributed by atoms with Crippen molar-refractivity contribution in [2.75, 3.05) is 19.8 Å². The van der Waals surface area contributed by atoms with Crippen LogP contribution in [0, 0.1) is 11.3 Å². The normalized spacial score (nSPS) is 21.3. The Morgan fingerprint density at radius 1 is 1.04 bits per heavy atom. The van der Waals surface area contributed by atoms with E-state index in [4.69, 9.17) is 19.9 Å². The summed E-state index contributed by atoms with van der Waals surface area (Å²) < 4.78 is 17.0. The SMILES string of the molecule is CC(C)(C)C(N)C(=O)NC(Cc1ccccc1)C(O)CN(Cc1ccc(-c2ccccn2)cc1)NC(=O)OC1COC2OCCC12. The number of hydrogen-bond donors (Lipinski definition) is 4. The number of amides is 2. The molecule has 46 heavy (non-hydrogen) atoms. The van der Waals surface area contributed by atoms with Crippen molar-refractivity contribution in [1.29, 1.82) is 0 Å². The lowest BCUT2D eigenvalue weighted by atomic mass is 9.86. The van der Waals surface area contributed by atoms with Gasteiger partial charge in [-0.05, 0) is 41.5 Å². The van der Waals surface area contributed by atoms with Crippen LogP contribution in [0.3, 0.4) is 0 Å². The maximum atomic E-state index is 13.2. The molecule has 2 fully saturated rings. The maximum absolute atomic E-state index is 13.2. The van der Waals surface area contributed by atoms with Crippen LogP contribution in [0.4, 0.5) is 4.79 Å². The highest BCUT2D eigenvalue weighted by Crippen LogP contribution is 2.33. The third kappa shape index (κ3) is 8.89. The minimum absolute atomic E-state index is 0.00401. The first kappa shape index (κ1) is 33.5. The van der Waals surface area contributed by atoms with Crippen LogP contribution in [-0.4, -0.2) is 77.4 Å². The molecule has 5 rings (SSSR count). The number of carbonyl (C=O) groups is 2. The summed E-state index contributed by atoms with van der Waals surface area (Å²) >= 11 is 0. The molecule has 0 spiro atoms. The van der Waals surface area contributed by atoms with E-state index in [-0.39, 0.29) is 37.8 Å². The minimum Gasteiger partial charge on any atom is -0.442 e. The molecule has 2 amide bonds. The molecule has 0 saturated carbocycles. The van der Waals surface area contributed by atoms with E-state index < -0.39 is 35.8 Å². The van der Waals surface area contributed by atoms with Crippen LogP contribution in [0.25, 0.3) is 11.3 Å². The Bertz CT molecular complexity index is 1420. The van der Waals surface area contributed by atoms with E-state index in [0.29, 0.717) is 13.0 Å². The first-order chi connectivity index (χ1) is 22.1. The molecule has 2 saturated heterocycles. The lowest BCUT2D eigenvalue weighted by Gasteiger charge is -2.33. The van der Waals surface area contributed by atoms with Crippen molar-refractivity contribution in [3.63, 3.8) is 0 Å². The predicted octanol–water partition coefficient (Wildman–Crippen LogP) is 3.42. The highest BCUT2D eigenvalue weighted by molar-refractivity contribution is 5.82. The molecule has 2 aliphatic heterocycles. The van der Waals surface area contributed by atoms with Gasteiger partial charge >= 0.3 is 6.09 Å². The van der Waals surface area contributed by atoms with Crippen molar-refractivity contribution in [2.24, 2.45) is 17.1 Å². The number of pyridine rings is 1. The number of carbonyl (C=O) groups excluding carboxylic acids is 2. The van der Waals surface area contributed by atoms with Crippen LogP contribution < -0.4 is 16.5 Å². The summed E-state index contributed by atoms with van der Waals surface area (Å²) in [6.07, 6.45) is 0.353. The highest BCUT2D eigenvalue weighted by Gasteiger charge is 2.44. The van der Waals surface area contributed by atoms with E-state index in [0.717, 1.165) is 28.8 Å². The summed E-state index contributed by atoms with van der Waals surface area (Å²) in [6, 6.07) is 21.7. The van der Waals surface area contributed by atoms with E-state index in [2.05, 4.69) is 15.7 Å². The third-order valence-corrected chi connectivity index (χ3v) is 8.49. The number of aliphatic hydroxyl groups excluding tert-OH is 1. The van der Waals surface area contributed by atoms with Gasteiger partial charge in [-0.3, -0.25) is 15.2 Å². The van der Waals surface area contributed by atoms with Crippen molar-refractivity contribution in [1.82, 2.24) is 20.7 Å². The molecule has 0 radical (unpaired) electrons. The average Bonchev–Trinajstić information content (AvgIpc) is 3.66. The van der Waals surface area contributed by atoms with Crippen LogP contribution in [0.5, 0.6) is 0 Å². The zero-order chi connectivity index (χ0) is 32.7. The monoisotopic (exact) mass is 631 g/mol. The Balaban J connectivity index is 1.33. The molecule has 3 aromatic rings. The maximum Gasteiger partial charge on any atom is 0.422 e. The van der Waals surface area contributed by atoms with Crippen molar-refractivity contribution in [2.45, 2.75) is 70.7 Å². The van der Waals surface area contributed by atoms with Crippen molar-refractivity contribution >= 4 is 12.0 Å². The number of hydrazine groups is 1. The smallest absolute Gasteiger partial charge is 0.422 e. The Morgan fingerprint density at radius 3 is 2.48 bits per heavy atom. The topological polar surface area (TPSA) is 148 Å². The Kier molecular flexibility index (Phi) is 11.0. The van der Waals surface area contributed by atoms with E-state index in [1.165, 1.54) is 0 Å². The van der Waals surface area contributed by atoms with Gasteiger partial charge in [0.15, 0.2) is 6.29 Å². The van der Waals surface area contributed by atoms with Gasteiger partial charge in [0.1, 0.15) is 6.10 Å². The summed E-state index contributed by atoms with van der Waals surface area (Å²) in [5, 5.41) is 16.2. The van der Waals surface area contributed by atoms with Crippen LogP contribution in [0.2, 0.25) is 0 Å². The molecule has 0 aliphatic carbocycles. The summed E-state index contributed by atoms with van der Waals surface area (Å²) in [5.74, 6) is -0.368. The second-order valence-corrected chi connectivity index (χ2v) is 13.1. The first-order valence-electron chi connectivity index (χ1n) is 15.8. The molecule has 11 nitrogen and oxygen atoms in total. The largest absolute Gasteiger partial charge is 0.442 e. The van der Waals surface area contributed by atoms with Crippen LogP contribution in [0.1, 0.15) is 38.3 Å². The number of nitrogens with two attached hydrogens (primary N) is 1. The Morgan fingerprint density at radius 2 is 1.78 bits per heavy atom. The second kappa shape index (κ2) is 15.1. The highest BCUT2D eigenvalue weighted by atomic mass is 16.7. The molecule has 6 unspecified atom stereocenters. The number of fused-ring (bicyclic) bond motifs is 1. The molecular weight excluding hydrogens is 586 g/mol. The molecule has 2 aromatic carbocycles. The van der Waals surface area contributed by atoms with Crippen molar-refractivity contribution < 1.29 is 28.9 Å². The molecule has 3 heterocycles. The van der Waals surface area contributed by atoms with E-state index in [9.17, 15) is 14.7 Å². The number of benzene rings is 2. The summed E-state index contributed by atoms with van der Waals surface area (Å²) in [5.41, 5.74) is 12.3. The number of aliphatic hydroxyl groups is 1. The number of ether oxygens (including phenoxy) is 3. The van der Waals surface area contributed by atoms with Gasteiger partial charge in [-0.25, -0.2) is 9.80 Å². The van der Waals surface area contributed by atoms with Gasteiger partial charge in [0.2, 0.25) is 5.91 Å². The van der Waals surface area contributed by atoms with E-state index in [1.807, 2.05) is 93.6 Å². The van der Waals surface area contributed by atoms with Gasteiger partial charge in [0.05, 0.1) is 43.0 Å². The third-order valence-electron chi connectivity index (χ3n) is 8.49. The molecule has 5 N–H and O–H groups in total. The van der Waals surface area contributed by atoms with Crippen LogP contribution in [-0.2, 0) is 32.0 Å². The van der Waals surface area contributed by atoms with Crippen molar-refractivity contribution in [3.05, 3.63) is 90.1 Å². The molecule has 246 valence electrons. The van der Waals surface area contributed by atoms with Gasteiger partial charge in [-0.2, -0.15) is 0 Å². The van der Waals surface area contributed by atoms with Gasteiger partial charge in [-0.1, -0.05) is 81.4 Å². The van der Waals surface area contributed by atoms with Gasteiger partial charge in [0, 0.05) is 24.8 Å². The molecular formula is C35H45N5O6. The van der Waals surface area contributed by atoms with Gasteiger partial charge in [0.25, 0.3) is 0 Å². The number of nitrogens with one attached hydrogen (secondary N) is 2. The lowest BCUT2D eigenvalue weighted by molar-refractivity contribution is -0.126. The summed E-state index contributed by atoms with van der Waals surface area (Å²) in [7, 11) is 0. The average molecular weight is 632 g/mol. The fourth-order valence-electron chi connectivity index (χ4n) is 5.70. The first-order valence-corrected chi connectivity index (χ1v) is 15.8. The standard InChI is InChI=1S/C35H45N5O6/c1-35(2,3)31(36)32(42)38-28(19-23-9-5-4-6-10-23)29(41)21-40(39-34(43)46-30-22-45-33-26(30)16-18-44-33)20-24-12-14-25(15-13-24)27-11-7-8-17-37-27/h4-15,17,26,28-31,33,41H,16,18-22,36H2,1-3H3,(H,38,42)(H,39,43). The number of aromatic nitrogens is 1. The molecule has 11 heteroatoms. The number of nitrogens with zero attached hydrogens (tertiary/aromatic N) is 2. The lowest BCUT2D eigenvalue weighted by Crippen LogP contribution is -2.57. The fraction of sp³-hybridized carbons (Fsp3) is 0.457. The summed E-state index contributed by atoms with van der Waals surface area (Å²) in [4.78, 5) is 30.8. The second-order valence-electron chi connectivity index (χ2n) is 13.1. The van der Waals surface area contributed by atoms with E-state index in [1.54, 1.807) is 11.2 Å². The molecule has 1 aromatic heterocycles. The predicted molar refractivity (Wildman–Crippen MR) is 173 cm³/mol. The van der Waals surface area contributed by atoms with Crippen molar-refractivity contribution in [3.8, 4) is 11.3 Å². The number of hydrogen-bond acceptors (Lipinski definition) is 9. The summed E-state index contributed by atoms with van der Waals surface area (Å²) in [6.45, 7) is 6.77. The molecule has 0 bridgehead atoms. The van der Waals surface area contributed by atoms with Gasteiger partial charge < -0.3 is 30.4 Å². The zero-order valence-electron chi connectivity index (χ0n) is 26.7. The number of rotatable bonds is 12. The quantitative estimate of drug-likeness (QED) is 0.221.